The fraction of sp³-hybridized carbons (Fsp3) is 0.438. The van der Waals surface area contributed by atoms with Crippen molar-refractivity contribution >= 4 is 27.3 Å². The van der Waals surface area contributed by atoms with Gasteiger partial charge in [0.05, 0.1) is 15.2 Å². The van der Waals surface area contributed by atoms with Crippen molar-refractivity contribution in [1.29, 1.82) is 0 Å². The number of hydrogen-bond acceptors (Lipinski definition) is 4. The highest BCUT2D eigenvalue weighted by molar-refractivity contribution is 9.10. The van der Waals surface area contributed by atoms with Crippen LogP contribution in [0, 0.1) is 0 Å². The highest BCUT2D eigenvalue weighted by Gasteiger charge is 2.07. The van der Waals surface area contributed by atoms with Gasteiger partial charge in [-0.3, -0.25) is 0 Å². The Labute approximate surface area is 138 Å². The van der Waals surface area contributed by atoms with Crippen LogP contribution in [0.5, 0.6) is 5.75 Å². The van der Waals surface area contributed by atoms with Crippen molar-refractivity contribution in [1.82, 2.24) is 4.98 Å². The van der Waals surface area contributed by atoms with E-state index in [4.69, 9.17) is 10.5 Å². The second-order valence-electron chi connectivity index (χ2n) is 5.22. The third-order valence-electron chi connectivity index (χ3n) is 2.99. The molecule has 1 aromatic heterocycles. The Balaban J connectivity index is 1.96. The minimum absolute atomic E-state index is 0.163. The maximum Gasteiger partial charge on any atom is 0.134 e. The molecular weight excluding hydrogens is 348 g/mol. The first-order valence-corrected chi connectivity index (χ1v) is 8.85. The van der Waals surface area contributed by atoms with Crippen LogP contribution in [-0.4, -0.2) is 11.0 Å². The van der Waals surface area contributed by atoms with Gasteiger partial charge in [0.2, 0.25) is 0 Å². The van der Waals surface area contributed by atoms with Crippen LogP contribution in [0.15, 0.2) is 28.1 Å². The van der Waals surface area contributed by atoms with Gasteiger partial charge in [0.15, 0.2) is 0 Å². The number of thiazole rings is 1. The molecule has 1 heterocycles. The molecule has 114 valence electrons. The lowest BCUT2D eigenvalue weighted by molar-refractivity contribution is 0.300. The zero-order chi connectivity index (χ0) is 15.2. The highest BCUT2D eigenvalue weighted by atomic mass is 79.9. The number of nitrogens with zero attached hydrogens (tertiary/aromatic N) is 1. The first kappa shape index (κ1) is 16.5. The summed E-state index contributed by atoms with van der Waals surface area (Å²) < 4.78 is 6.80. The second kappa shape index (κ2) is 7.92. The molecule has 0 fully saturated rings. The van der Waals surface area contributed by atoms with Crippen molar-refractivity contribution in [2.75, 3.05) is 0 Å². The van der Waals surface area contributed by atoms with Gasteiger partial charge in [0.25, 0.3) is 0 Å². The molecule has 0 spiro atoms. The molecule has 5 heteroatoms. The lowest BCUT2D eigenvalue weighted by atomic mass is 10.1. The zero-order valence-corrected chi connectivity index (χ0v) is 14.8. The molecule has 2 aromatic rings. The maximum atomic E-state index is 5.84. The largest absolute Gasteiger partial charge is 0.486 e. The van der Waals surface area contributed by atoms with E-state index in [-0.39, 0.29) is 6.04 Å². The van der Waals surface area contributed by atoms with Gasteiger partial charge in [0.1, 0.15) is 12.4 Å². The number of benzene rings is 1. The standard InChI is InChI=1S/C16H21BrN2OS/c1-3-4-16-19-13(10-21-16)9-20-15-6-5-12(7-11(2)18)8-14(15)17/h5-6,8,10-11H,3-4,7,9,18H2,1-2H3. The van der Waals surface area contributed by atoms with E-state index >= 15 is 0 Å². The van der Waals surface area contributed by atoms with Gasteiger partial charge in [-0.25, -0.2) is 4.98 Å². The predicted octanol–water partition coefficient (Wildman–Crippen LogP) is 4.33. The Kier molecular flexibility index (Phi) is 6.21. The summed E-state index contributed by atoms with van der Waals surface area (Å²) in [4.78, 5) is 4.56. The number of ether oxygens (including phenoxy) is 1. The third kappa shape index (κ3) is 5.09. The smallest absolute Gasteiger partial charge is 0.134 e. The van der Waals surface area contributed by atoms with Crippen LogP contribution in [-0.2, 0) is 19.4 Å². The summed E-state index contributed by atoms with van der Waals surface area (Å²) >= 11 is 5.26. The Bertz CT molecular complexity index is 583. The number of rotatable bonds is 7. The minimum atomic E-state index is 0.163. The maximum absolute atomic E-state index is 5.84. The SMILES string of the molecule is CCCc1nc(COc2ccc(CC(C)N)cc2Br)cs1. The summed E-state index contributed by atoms with van der Waals surface area (Å²) in [6.07, 6.45) is 3.03. The van der Waals surface area contributed by atoms with Gasteiger partial charge in [-0.15, -0.1) is 11.3 Å². The number of halogens is 1. The first-order chi connectivity index (χ1) is 10.1. The molecule has 1 aromatic carbocycles. The van der Waals surface area contributed by atoms with E-state index in [9.17, 15) is 0 Å². The Hall–Kier alpha value is -0.910. The topological polar surface area (TPSA) is 48.1 Å². The molecule has 0 aliphatic rings. The summed E-state index contributed by atoms with van der Waals surface area (Å²) in [6.45, 7) is 4.68. The van der Waals surface area contributed by atoms with Crippen LogP contribution in [0.2, 0.25) is 0 Å². The second-order valence-corrected chi connectivity index (χ2v) is 7.01. The van der Waals surface area contributed by atoms with Gasteiger partial charge in [-0.1, -0.05) is 13.0 Å². The van der Waals surface area contributed by atoms with Crippen molar-refractivity contribution in [3.8, 4) is 5.75 Å². The molecular formula is C16H21BrN2OS. The Morgan fingerprint density at radius 1 is 1.43 bits per heavy atom. The lowest BCUT2D eigenvalue weighted by Crippen LogP contribution is -2.17. The fourth-order valence-electron chi connectivity index (χ4n) is 2.06. The molecule has 0 saturated carbocycles. The third-order valence-corrected chi connectivity index (χ3v) is 4.57. The normalized spacial score (nSPS) is 12.4. The van der Waals surface area contributed by atoms with E-state index < -0.39 is 0 Å². The predicted molar refractivity (Wildman–Crippen MR) is 91.9 cm³/mol. The first-order valence-electron chi connectivity index (χ1n) is 7.18. The van der Waals surface area contributed by atoms with Crippen molar-refractivity contribution in [3.05, 3.63) is 44.3 Å². The molecule has 0 bridgehead atoms. The Morgan fingerprint density at radius 2 is 2.24 bits per heavy atom. The van der Waals surface area contributed by atoms with Crippen LogP contribution in [0.4, 0.5) is 0 Å². The summed E-state index contributed by atoms with van der Waals surface area (Å²) in [5.74, 6) is 0.841. The number of aromatic nitrogens is 1. The minimum Gasteiger partial charge on any atom is -0.486 e. The molecule has 21 heavy (non-hydrogen) atoms. The summed E-state index contributed by atoms with van der Waals surface area (Å²) in [6, 6.07) is 6.28. The van der Waals surface area contributed by atoms with Crippen molar-refractivity contribution in [2.24, 2.45) is 5.73 Å². The molecule has 0 saturated heterocycles. The van der Waals surface area contributed by atoms with Gasteiger partial charge in [0, 0.05) is 11.4 Å². The number of aryl methyl sites for hydroxylation is 1. The van der Waals surface area contributed by atoms with Gasteiger partial charge < -0.3 is 10.5 Å². The van der Waals surface area contributed by atoms with Crippen LogP contribution < -0.4 is 10.5 Å². The zero-order valence-electron chi connectivity index (χ0n) is 12.4. The molecule has 0 aliphatic carbocycles. The fourth-order valence-corrected chi connectivity index (χ4v) is 3.48. The van der Waals surface area contributed by atoms with Crippen LogP contribution in [0.25, 0.3) is 0 Å². The average Bonchev–Trinajstić information content (AvgIpc) is 2.85. The van der Waals surface area contributed by atoms with Gasteiger partial charge in [-0.2, -0.15) is 0 Å². The lowest BCUT2D eigenvalue weighted by Gasteiger charge is -2.10. The number of nitrogens with two attached hydrogens (primary N) is 1. The van der Waals surface area contributed by atoms with Crippen LogP contribution in [0.3, 0.4) is 0 Å². The molecule has 1 unspecified atom stereocenters. The average molecular weight is 369 g/mol. The molecule has 2 rings (SSSR count). The van der Waals surface area contributed by atoms with E-state index in [0.717, 1.165) is 35.2 Å². The monoisotopic (exact) mass is 368 g/mol. The van der Waals surface area contributed by atoms with Crippen molar-refractivity contribution in [2.45, 2.75) is 45.8 Å². The number of hydrogen-bond donors (Lipinski definition) is 1. The van der Waals surface area contributed by atoms with Crippen molar-refractivity contribution in [3.63, 3.8) is 0 Å². The molecule has 0 radical (unpaired) electrons. The van der Waals surface area contributed by atoms with E-state index in [1.165, 1.54) is 10.6 Å². The van der Waals surface area contributed by atoms with Crippen molar-refractivity contribution < 1.29 is 4.74 Å². The van der Waals surface area contributed by atoms with Gasteiger partial charge in [-0.05, 0) is 59.8 Å². The highest BCUT2D eigenvalue weighted by Crippen LogP contribution is 2.27. The Morgan fingerprint density at radius 3 is 2.90 bits per heavy atom. The molecule has 1 atom stereocenters. The van der Waals surface area contributed by atoms with E-state index in [2.05, 4.69) is 45.4 Å². The van der Waals surface area contributed by atoms with E-state index in [1.54, 1.807) is 11.3 Å². The molecule has 0 aliphatic heterocycles. The molecule has 2 N–H and O–H groups in total. The van der Waals surface area contributed by atoms with E-state index in [1.807, 2.05) is 13.0 Å². The molecule has 0 amide bonds. The summed E-state index contributed by atoms with van der Waals surface area (Å²) in [7, 11) is 0. The summed E-state index contributed by atoms with van der Waals surface area (Å²) in [5.41, 5.74) is 8.03. The van der Waals surface area contributed by atoms with Crippen LogP contribution in [0.1, 0.15) is 36.5 Å². The summed E-state index contributed by atoms with van der Waals surface area (Å²) in [5, 5.41) is 3.26. The van der Waals surface area contributed by atoms with E-state index in [0.29, 0.717) is 6.61 Å². The van der Waals surface area contributed by atoms with Gasteiger partial charge >= 0.3 is 0 Å². The quantitative estimate of drug-likeness (QED) is 0.790. The molecule has 3 nitrogen and oxygen atoms in total. The van der Waals surface area contributed by atoms with Crippen LogP contribution >= 0.6 is 27.3 Å².